The van der Waals surface area contributed by atoms with Gasteiger partial charge >= 0.3 is 0 Å². The van der Waals surface area contributed by atoms with E-state index in [-0.39, 0.29) is 0 Å². The van der Waals surface area contributed by atoms with Gasteiger partial charge in [-0.2, -0.15) is 0 Å². The molecule has 0 aliphatic carbocycles. The first kappa shape index (κ1) is 15.8. The Morgan fingerprint density at radius 1 is 1.24 bits per heavy atom. The van der Waals surface area contributed by atoms with Gasteiger partial charge in [0.1, 0.15) is 5.52 Å². The summed E-state index contributed by atoms with van der Waals surface area (Å²) in [6, 6.07) is 5.66. The van der Waals surface area contributed by atoms with Gasteiger partial charge in [0.2, 0.25) is 5.89 Å². The van der Waals surface area contributed by atoms with Gasteiger partial charge in [0.25, 0.3) is 0 Å². The molecule has 0 saturated heterocycles. The molecular formula is C16H26N4O. The monoisotopic (exact) mass is 290 g/mol. The molecule has 2 N–H and O–H groups in total. The van der Waals surface area contributed by atoms with E-state index in [0.29, 0.717) is 11.6 Å². The van der Waals surface area contributed by atoms with E-state index in [9.17, 15) is 0 Å². The van der Waals surface area contributed by atoms with Crippen LogP contribution in [0.25, 0.3) is 11.1 Å². The lowest BCUT2D eigenvalue weighted by atomic mass is 10.2. The van der Waals surface area contributed by atoms with Gasteiger partial charge in [0.05, 0.1) is 12.2 Å². The van der Waals surface area contributed by atoms with Crippen LogP contribution >= 0.6 is 0 Å². The Bertz CT molecular complexity index is 577. The normalized spacial score (nSPS) is 12.1. The van der Waals surface area contributed by atoms with E-state index in [2.05, 4.69) is 42.7 Å². The Morgan fingerprint density at radius 3 is 2.62 bits per heavy atom. The first-order valence-electron chi connectivity index (χ1n) is 7.46. The van der Waals surface area contributed by atoms with Crippen LogP contribution in [0.3, 0.4) is 0 Å². The molecule has 0 spiro atoms. The van der Waals surface area contributed by atoms with Crippen molar-refractivity contribution in [3.63, 3.8) is 0 Å². The molecule has 1 aromatic heterocycles. The fraction of sp³-hybridized carbons (Fsp3) is 0.562. The standard InChI is InChI=1S/C16H26N4O/c1-12(2)10-20(9-8-19(3)4)11-15-18-16-13(17)6-5-7-14(16)21-15/h5-7,12H,8-11,17H2,1-4H3. The van der Waals surface area contributed by atoms with Gasteiger partial charge in [-0.25, -0.2) is 4.98 Å². The second kappa shape index (κ2) is 6.91. The number of benzene rings is 1. The number of nitrogen functional groups attached to an aromatic ring is 1. The van der Waals surface area contributed by atoms with E-state index in [1.165, 1.54) is 0 Å². The van der Waals surface area contributed by atoms with Gasteiger partial charge < -0.3 is 15.1 Å². The number of hydrogen-bond acceptors (Lipinski definition) is 5. The van der Waals surface area contributed by atoms with Gasteiger partial charge in [0.15, 0.2) is 5.58 Å². The molecular weight excluding hydrogens is 264 g/mol. The Labute approximate surface area is 126 Å². The highest BCUT2D eigenvalue weighted by Crippen LogP contribution is 2.22. The largest absolute Gasteiger partial charge is 0.439 e. The van der Waals surface area contributed by atoms with E-state index in [4.69, 9.17) is 10.2 Å². The number of anilines is 1. The molecule has 0 unspecified atom stereocenters. The summed E-state index contributed by atoms with van der Waals surface area (Å²) in [6.07, 6.45) is 0. The lowest BCUT2D eigenvalue weighted by Crippen LogP contribution is -2.34. The number of rotatable bonds is 7. The maximum atomic E-state index is 5.94. The van der Waals surface area contributed by atoms with Crippen molar-refractivity contribution < 1.29 is 4.42 Å². The summed E-state index contributed by atoms with van der Waals surface area (Å²) in [6.45, 7) is 8.23. The average Bonchev–Trinajstić information content (AvgIpc) is 2.79. The van der Waals surface area contributed by atoms with Crippen molar-refractivity contribution in [2.45, 2.75) is 20.4 Å². The average molecular weight is 290 g/mol. The van der Waals surface area contributed by atoms with Gasteiger partial charge in [-0.3, -0.25) is 4.90 Å². The maximum Gasteiger partial charge on any atom is 0.209 e. The van der Waals surface area contributed by atoms with Crippen molar-refractivity contribution >= 4 is 16.8 Å². The Balaban J connectivity index is 2.11. The highest BCUT2D eigenvalue weighted by molar-refractivity contribution is 5.85. The van der Waals surface area contributed by atoms with Crippen LogP contribution in [0.1, 0.15) is 19.7 Å². The van der Waals surface area contributed by atoms with Crippen molar-refractivity contribution in [3.05, 3.63) is 24.1 Å². The van der Waals surface area contributed by atoms with E-state index in [1.807, 2.05) is 18.2 Å². The number of fused-ring (bicyclic) bond motifs is 1. The van der Waals surface area contributed by atoms with Crippen LogP contribution in [0.15, 0.2) is 22.6 Å². The molecule has 21 heavy (non-hydrogen) atoms. The van der Waals surface area contributed by atoms with Crippen LogP contribution in [0.5, 0.6) is 0 Å². The summed E-state index contributed by atoms with van der Waals surface area (Å²) in [4.78, 5) is 9.11. The summed E-state index contributed by atoms with van der Waals surface area (Å²) >= 11 is 0. The Hall–Kier alpha value is -1.59. The first-order valence-corrected chi connectivity index (χ1v) is 7.46. The fourth-order valence-corrected chi connectivity index (χ4v) is 2.37. The van der Waals surface area contributed by atoms with Crippen molar-refractivity contribution in [1.82, 2.24) is 14.8 Å². The summed E-state index contributed by atoms with van der Waals surface area (Å²) in [5.41, 5.74) is 8.14. The molecule has 0 atom stereocenters. The van der Waals surface area contributed by atoms with E-state index in [1.54, 1.807) is 0 Å². The van der Waals surface area contributed by atoms with Crippen molar-refractivity contribution in [2.24, 2.45) is 5.92 Å². The number of nitrogens with two attached hydrogens (primary N) is 1. The third-order valence-electron chi connectivity index (χ3n) is 3.34. The zero-order valence-electron chi connectivity index (χ0n) is 13.5. The number of nitrogens with zero attached hydrogens (tertiary/aromatic N) is 3. The summed E-state index contributed by atoms with van der Waals surface area (Å²) in [5, 5.41) is 0. The molecule has 0 aliphatic rings. The Morgan fingerprint density at radius 2 is 2.00 bits per heavy atom. The van der Waals surface area contributed by atoms with Crippen LogP contribution in [-0.2, 0) is 6.54 Å². The lowest BCUT2D eigenvalue weighted by Gasteiger charge is -2.24. The van der Waals surface area contributed by atoms with Crippen molar-refractivity contribution in [3.8, 4) is 0 Å². The predicted molar refractivity (Wildman–Crippen MR) is 87.1 cm³/mol. The molecule has 0 fully saturated rings. The molecule has 116 valence electrons. The van der Waals surface area contributed by atoms with Crippen LogP contribution in [0, 0.1) is 5.92 Å². The van der Waals surface area contributed by atoms with Gasteiger partial charge in [-0.15, -0.1) is 0 Å². The second-order valence-electron chi connectivity index (χ2n) is 6.23. The molecule has 0 bridgehead atoms. The van der Waals surface area contributed by atoms with Gasteiger partial charge in [-0.05, 0) is 32.1 Å². The molecule has 2 rings (SSSR count). The summed E-state index contributed by atoms with van der Waals surface area (Å²) in [7, 11) is 4.18. The van der Waals surface area contributed by atoms with Crippen molar-refractivity contribution in [2.75, 3.05) is 39.5 Å². The first-order chi connectivity index (χ1) is 9.95. The maximum absolute atomic E-state index is 5.94. The lowest BCUT2D eigenvalue weighted by molar-refractivity contribution is 0.196. The van der Waals surface area contributed by atoms with Crippen LogP contribution < -0.4 is 5.73 Å². The minimum absolute atomic E-state index is 0.613. The van der Waals surface area contributed by atoms with Gasteiger partial charge in [-0.1, -0.05) is 19.9 Å². The molecule has 0 saturated carbocycles. The van der Waals surface area contributed by atoms with E-state index in [0.717, 1.165) is 43.2 Å². The summed E-state index contributed by atoms with van der Waals surface area (Å²) < 4.78 is 5.82. The van der Waals surface area contributed by atoms with Crippen LogP contribution in [-0.4, -0.2) is 48.5 Å². The van der Waals surface area contributed by atoms with E-state index >= 15 is 0 Å². The van der Waals surface area contributed by atoms with Gasteiger partial charge in [0, 0.05) is 19.6 Å². The van der Waals surface area contributed by atoms with E-state index < -0.39 is 0 Å². The topological polar surface area (TPSA) is 58.5 Å². The zero-order chi connectivity index (χ0) is 15.4. The third kappa shape index (κ3) is 4.44. The molecule has 1 heterocycles. The zero-order valence-corrected chi connectivity index (χ0v) is 13.5. The number of para-hydroxylation sites is 1. The minimum atomic E-state index is 0.613. The highest BCUT2D eigenvalue weighted by atomic mass is 16.3. The smallest absolute Gasteiger partial charge is 0.209 e. The number of hydrogen-bond donors (Lipinski definition) is 1. The quantitative estimate of drug-likeness (QED) is 0.794. The Kier molecular flexibility index (Phi) is 5.20. The van der Waals surface area contributed by atoms with Crippen LogP contribution in [0.4, 0.5) is 5.69 Å². The van der Waals surface area contributed by atoms with Crippen LogP contribution in [0.2, 0.25) is 0 Å². The molecule has 5 heteroatoms. The highest BCUT2D eigenvalue weighted by Gasteiger charge is 2.14. The summed E-state index contributed by atoms with van der Waals surface area (Å²) in [5.74, 6) is 1.35. The third-order valence-corrected chi connectivity index (χ3v) is 3.34. The molecule has 0 radical (unpaired) electrons. The molecule has 2 aromatic rings. The number of aromatic nitrogens is 1. The van der Waals surface area contributed by atoms with Crippen molar-refractivity contribution in [1.29, 1.82) is 0 Å². The SMILES string of the molecule is CC(C)CN(CCN(C)C)Cc1nc2c(N)cccc2o1. The molecule has 1 aromatic carbocycles. The number of oxazole rings is 1. The predicted octanol–water partition coefficient (Wildman–Crippen LogP) is 2.43. The second-order valence-corrected chi connectivity index (χ2v) is 6.23. The minimum Gasteiger partial charge on any atom is -0.439 e. The molecule has 5 nitrogen and oxygen atoms in total. The molecule has 0 amide bonds. The number of likely N-dealkylation sites (N-methyl/N-ethyl adjacent to an activating group) is 1. The molecule has 0 aliphatic heterocycles. The fourth-order valence-electron chi connectivity index (χ4n) is 2.37.